The molecule has 0 bridgehead atoms. The van der Waals surface area contributed by atoms with Crippen molar-refractivity contribution in [1.82, 2.24) is 5.32 Å². The average molecular weight is 265 g/mol. The van der Waals surface area contributed by atoms with Crippen molar-refractivity contribution in [1.29, 1.82) is 0 Å². The highest BCUT2D eigenvalue weighted by atomic mass is 16.6. The van der Waals surface area contributed by atoms with Crippen LogP contribution in [0.25, 0.3) is 0 Å². The van der Waals surface area contributed by atoms with Crippen molar-refractivity contribution in [2.75, 3.05) is 31.6 Å². The van der Waals surface area contributed by atoms with E-state index in [0.717, 1.165) is 0 Å². The Labute approximate surface area is 110 Å². The maximum atomic E-state index is 11.6. The minimum absolute atomic E-state index is 0.257. The van der Waals surface area contributed by atoms with Gasteiger partial charge in [0, 0.05) is 24.8 Å². The van der Waals surface area contributed by atoms with E-state index in [0.29, 0.717) is 30.4 Å². The summed E-state index contributed by atoms with van der Waals surface area (Å²) in [4.78, 5) is 22.9. The molecular formula is C12H15N3O4. The Kier molecular flexibility index (Phi) is 4.19. The van der Waals surface area contributed by atoms with Gasteiger partial charge < -0.3 is 25.8 Å². The first-order chi connectivity index (χ1) is 9.20. The summed E-state index contributed by atoms with van der Waals surface area (Å²) in [5.41, 5.74) is 5.70. The molecule has 0 aliphatic carbocycles. The van der Waals surface area contributed by atoms with Gasteiger partial charge in [0.2, 0.25) is 0 Å². The van der Waals surface area contributed by atoms with Crippen molar-refractivity contribution in [2.45, 2.75) is 0 Å². The molecular weight excluding hydrogens is 250 g/mol. The van der Waals surface area contributed by atoms with Crippen LogP contribution >= 0.6 is 0 Å². The van der Waals surface area contributed by atoms with Crippen LogP contribution in [0.5, 0.6) is 11.5 Å². The average Bonchev–Trinajstić information content (AvgIpc) is 2.44. The first kappa shape index (κ1) is 13.2. The van der Waals surface area contributed by atoms with Gasteiger partial charge >= 0.3 is 11.8 Å². The molecule has 0 unspecified atom stereocenters. The lowest BCUT2D eigenvalue weighted by molar-refractivity contribution is -0.136. The van der Waals surface area contributed by atoms with Gasteiger partial charge in [-0.25, -0.2) is 0 Å². The summed E-state index contributed by atoms with van der Waals surface area (Å²) in [7, 11) is 0. The van der Waals surface area contributed by atoms with Crippen LogP contribution in [0.2, 0.25) is 0 Å². The quantitative estimate of drug-likeness (QED) is 0.638. The number of ether oxygens (including phenoxy) is 2. The molecule has 2 amide bonds. The Balaban J connectivity index is 1.99. The van der Waals surface area contributed by atoms with Crippen LogP contribution in [0.15, 0.2) is 18.2 Å². The van der Waals surface area contributed by atoms with Crippen LogP contribution < -0.4 is 25.8 Å². The third-order valence-corrected chi connectivity index (χ3v) is 2.44. The molecule has 0 radical (unpaired) electrons. The molecule has 1 aromatic rings. The van der Waals surface area contributed by atoms with Crippen LogP contribution in [0, 0.1) is 0 Å². The number of amides is 2. The number of hydrogen-bond donors (Lipinski definition) is 3. The molecule has 1 aliphatic rings. The molecule has 7 heteroatoms. The van der Waals surface area contributed by atoms with Crippen LogP contribution in [0.1, 0.15) is 0 Å². The van der Waals surface area contributed by atoms with Gasteiger partial charge in [-0.05, 0) is 12.1 Å². The molecule has 102 valence electrons. The summed E-state index contributed by atoms with van der Waals surface area (Å²) in [6.07, 6.45) is 0. The van der Waals surface area contributed by atoms with Gasteiger partial charge in [0.1, 0.15) is 13.2 Å². The second-order valence-corrected chi connectivity index (χ2v) is 3.86. The van der Waals surface area contributed by atoms with E-state index in [1.807, 2.05) is 0 Å². The number of fused-ring (bicyclic) bond motifs is 1. The van der Waals surface area contributed by atoms with E-state index in [4.69, 9.17) is 15.2 Å². The Morgan fingerprint density at radius 3 is 2.63 bits per heavy atom. The molecule has 19 heavy (non-hydrogen) atoms. The van der Waals surface area contributed by atoms with E-state index in [1.165, 1.54) is 0 Å². The molecule has 0 fully saturated rings. The molecule has 1 aliphatic heterocycles. The summed E-state index contributed by atoms with van der Waals surface area (Å²) < 4.78 is 10.7. The Hall–Kier alpha value is -2.28. The first-order valence-electron chi connectivity index (χ1n) is 5.89. The number of nitrogens with two attached hydrogens (primary N) is 1. The molecule has 0 spiro atoms. The molecule has 1 heterocycles. The van der Waals surface area contributed by atoms with Crippen LogP contribution in [0.4, 0.5) is 5.69 Å². The maximum Gasteiger partial charge on any atom is 0.313 e. The molecule has 1 aromatic carbocycles. The molecule has 7 nitrogen and oxygen atoms in total. The summed E-state index contributed by atoms with van der Waals surface area (Å²) in [6.45, 7) is 1.50. The molecule has 0 saturated carbocycles. The summed E-state index contributed by atoms with van der Waals surface area (Å²) >= 11 is 0. The first-order valence-corrected chi connectivity index (χ1v) is 5.89. The van der Waals surface area contributed by atoms with Gasteiger partial charge in [0.15, 0.2) is 11.5 Å². The summed E-state index contributed by atoms with van der Waals surface area (Å²) in [5.74, 6) is -0.297. The van der Waals surface area contributed by atoms with Crippen LogP contribution in [-0.4, -0.2) is 38.1 Å². The zero-order chi connectivity index (χ0) is 13.7. The molecule has 0 aromatic heterocycles. The van der Waals surface area contributed by atoms with Crippen molar-refractivity contribution in [3.05, 3.63) is 18.2 Å². The van der Waals surface area contributed by atoms with Crippen molar-refractivity contribution in [3.63, 3.8) is 0 Å². The summed E-state index contributed by atoms with van der Waals surface area (Å²) in [5, 5.41) is 4.86. The highest BCUT2D eigenvalue weighted by Crippen LogP contribution is 2.32. The standard InChI is InChI=1S/C12H15N3O4/c13-3-4-14-11(16)12(17)15-8-1-2-9-10(7-8)19-6-5-18-9/h1-2,7H,3-6,13H2,(H,14,16)(H,15,17). The zero-order valence-electron chi connectivity index (χ0n) is 10.3. The Morgan fingerprint density at radius 1 is 1.16 bits per heavy atom. The van der Waals surface area contributed by atoms with E-state index in [1.54, 1.807) is 18.2 Å². The topological polar surface area (TPSA) is 103 Å². The minimum Gasteiger partial charge on any atom is -0.486 e. The lowest BCUT2D eigenvalue weighted by Crippen LogP contribution is -2.37. The number of benzene rings is 1. The van der Waals surface area contributed by atoms with E-state index < -0.39 is 11.8 Å². The number of carbonyl (C=O) groups is 2. The van der Waals surface area contributed by atoms with Crippen LogP contribution in [-0.2, 0) is 9.59 Å². The second kappa shape index (κ2) is 6.05. The second-order valence-electron chi connectivity index (χ2n) is 3.86. The van der Waals surface area contributed by atoms with Crippen LogP contribution in [0.3, 0.4) is 0 Å². The predicted octanol–water partition coefficient (Wildman–Crippen LogP) is -0.529. The monoisotopic (exact) mass is 265 g/mol. The predicted molar refractivity (Wildman–Crippen MR) is 68.1 cm³/mol. The zero-order valence-corrected chi connectivity index (χ0v) is 10.3. The molecule has 2 rings (SSSR count). The lowest BCUT2D eigenvalue weighted by atomic mass is 10.2. The van der Waals surface area contributed by atoms with Gasteiger partial charge in [-0.2, -0.15) is 0 Å². The normalized spacial score (nSPS) is 12.7. The van der Waals surface area contributed by atoms with Gasteiger partial charge in [-0.15, -0.1) is 0 Å². The van der Waals surface area contributed by atoms with Crippen molar-refractivity contribution in [2.24, 2.45) is 5.73 Å². The number of carbonyl (C=O) groups excluding carboxylic acids is 2. The van der Waals surface area contributed by atoms with Gasteiger partial charge in [-0.3, -0.25) is 9.59 Å². The Bertz CT molecular complexity index is 490. The van der Waals surface area contributed by atoms with E-state index >= 15 is 0 Å². The lowest BCUT2D eigenvalue weighted by Gasteiger charge is -2.18. The largest absolute Gasteiger partial charge is 0.486 e. The maximum absolute atomic E-state index is 11.6. The SMILES string of the molecule is NCCNC(=O)C(=O)Nc1ccc2c(c1)OCCO2. The van der Waals surface area contributed by atoms with E-state index in [-0.39, 0.29) is 13.1 Å². The van der Waals surface area contributed by atoms with Gasteiger partial charge in [0.25, 0.3) is 0 Å². The van der Waals surface area contributed by atoms with Gasteiger partial charge in [0.05, 0.1) is 0 Å². The summed E-state index contributed by atoms with van der Waals surface area (Å²) in [6, 6.07) is 4.94. The fourth-order valence-electron chi connectivity index (χ4n) is 1.57. The van der Waals surface area contributed by atoms with Crippen molar-refractivity contribution < 1.29 is 19.1 Å². The molecule has 0 saturated heterocycles. The van der Waals surface area contributed by atoms with Gasteiger partial charge in [-0.1, -0.05) is 0 Å². The minimum atomic E-state index is -0.745. The smallest absolute Gasteiger partial charge is 0.313 e. The molecule has 4 N–H and O–H groups in total. The third-order valence-electron chi connectivity index (χ3n) is 2.44. The Morgan fingerprint density at radius 2 is 1.89 bits per heavy atom. The third kappa shape index (κ3) is 3.35. The van der Waals surface area contributed by atoms with E-state index in [9.17, 15) is 9.59 Å². The highest BCUT2D eigenvalue weighted by Gasteiger charge is 2.16. The fraction of sp³-hybridized carbons (Fsp3) is 0.333. The van der Waals surface area contributed by atoms with Crippen molar-refractivity contribution >= 4 is 17.5 Å². The van der Waals surface area contributed by atoms with Crippen molar-refractivity contribution in [3.8, 4) is 11.5 Å². The number of nitrogens with one attached hydrogen (secondary N) is 2. The molecule has 0 atom stereocenters. The number of rotatable bonds is 3. The fourth-order valence-corrected chi connectivity index (χ4v) is 1.57. The highest BCUT2D eigenvalue weighted by molar-refractivity contribution is 6.39. The number of anilines is 1. The number of hydrogen-bond acceptors (Lipinski definition) is 5. The van der Waals surface area contributed by atoms with E-state index in [2.05, 4.69) is 10.6 Å².